The van der Waals surface area contributed by atoms with Gasteiger partial charge < -0.3 is 0 Å². The van der Waals surface area contributed by atoms with E-state index >= 15 is 0 Å². The Labute approximate surface area is 439 Å². The Morgan fingerprint density at radius 3 is 1.11 bits per heavy atom. The predicted molar refractivity (Wildman–Crippen MR) is 320 cm³/mol. The molecule has 8 rings (SSSR count). The molecule has 2 unspecified atom stereocenters. The molecule has 0 saturated heterocycles. The van der Waals surface area contributed by atoms with Crippen molar-refractivity contribution in [3.05, 3.63) is 118 Å². The van der Waals surface area contributed by atoms with Gasteiger partial charge in [0.05, 0.1) is 0 Å². The van der Waals surface area contributed by atoms with Gasteiger partial charge in [0.2, 0.25) is 0 Å². The van der Waals surface area contributed by atoms with E-state index in [2.05, 4.69) is 163 Å². The molecule has 4 aromatic rings. The maximum absolute atomic E-state index is 9.54. The molecule has 4 aliphatic carbocycles. The Bertz CT molecular complexity index is 2300. The molecular weight excluding hydrogens is 1020 g/mol. The Hall–Kier alpha value is -1.53. The molecule has 0 aromatic heterocycles. The van der Waals surface area contributed by atoms with E-state index in [1.54, 1.807) is 11.1 Å². The first-order chi connectivity index (χ1) is 33.3. The van der Waals surface area contributed by atoms with Crippen molar-refractivity contribution < 1.29 is 15.6 Å². The van der Waals surface area contributed by atoms with Gasteiger partial charge >= 0.3 is 443 Å². The first kappa shape index (κ1) is 54.7. The molecule has 0 heterocycles. The van der Waals surface area contributed by atoms with Gasteiger partial charge in [0.25, 0.3) is 0 Å². The Morgan fingerprint density at radius 1 is 0.486 bits per heavy atom. The Morgan fingerprint density at radius 2 is 0.814 bits per heavy atom. The van der Waals surface area contributed by atoms with Crippen molar-refractivity contribution in [3.63, 3.8) is 0 Å². The maximum atomic E-state index is 9.54. The predicted octanol–water partition coefficient (Wildman–Crippen LogP) is 20.3. The molecule has 6 heteroatoms. The molecule has 0 radical (unpaired) electrons. The standard InChI is InChI=1S/2C31H43Si.C2H7Si.2ClH.Zr/c2*1-5-19-31(20-10-8-6-7-9-11-21-31)24-25-22-27-13-12-14-29(30(27)23-25)26-15-17-28(18-16-26)32(2,3)4;1-3-2;;;/h2*12-18,22-23H,5-11,19-21,24H2,1-4H3;3H,1-2H3;2*1H;/q;;;;;+2/p-2. The van der Waals surface area contributed by atoms with Gasteiger partial charge in [-0.25, -0.2) is 0 Å². The van der Waals surface area contributed by atoms with Gasteiger partial charge in [-0.2, -0.15) is 0 Å². The zero-order valence-electron chi connectivity index (χ0n) is 45.8. The van der Waals surface area contributed by atoms with Crippen LogP contribution >= 0.6 is 17.0 Å². The average molecular weight is 1110 g/mol. The minimum absolute atomic E-state index is 0.0932. The van der Waals surface area contributed by atoms with Gasteiger partial charge in [0, 0.05) is 0 Å². The summed E-state index contributed by atoms with van der Waals surface area (Å²) in [5, 5.41) is 3.04. The van der Waals surface area contributed by atoms with Crippen LogP contribution in [0.5, 0.6) is 0 Å². The van der Waals surface area contributed by atoms with Gasteiger partial charge in [-0.3, -0.25) is 0 Å². The number of benzene rings is 4. The van der Waals surface area contributed by atoms with Gasteiger partial charge in [0.15, 0.2) is 0 Å². The first-order valence-electron chi connectivity index (χ1n) is 28.8. The van der Waals surface area contributed by atoms with Gasteiger partial charge in [-0.15, -0.1) is 0 Å². The van der Waals surface area contributed by atoms with Crippen molar-refractivity contribution in [2.24, 2.45) is 10.8 Å². The van der Waals surface area contributed by atoms with Crippen LogP contribution in [-0.2, 0) is 15.6 Å². The number of rotatable bonds is 15. The molecule has 70 heavy (non-hydrogen) atoms. The number of fused-ring (bicyclic) bond motifs is 2. The molecule has 2 saturated carbocycles. The minimum atomic E-state index is -5.25. The fourth-order valence-electron chi connectivity index (χ4n) is 14.8. The second kappa shape index (κ2) is 22.4. The normalized spacial score (nSPS) is 21.7. The monoisotopic (exact) mass is 1110 g/mol. The second-order valence-corrected chi connectivity index (χ2v) is 78.7. The molecule has 0 nitrogen and oxygen atoms in total. The number of halogens is 2. The molecule has 4 aliphatic rings. The summed E-state index contributed by atoms with van der Waals surface area (Å²) in [6.07, 6.45) is 34.6. The third-order valence-corrected chi connectivity index (χ3v) is 74.7. The fraction of sp³-hybridized carbons (Fsp3) is 0.562. The van der Waals surface area contributed by atoms with Crippen molar-refractivity contribution >= 4 is 61.6 Å². The van der Waals surface area contributed by atoms with Crippen LogP contribution < -0.4 is 10.4 Å². The molecule has 2 fully saturated rings. The third-order valence-electron chi connectivity index (χ3n) is 18.7. The van der Waals surface area contributed by atoms with Crippen LogP contribution in [0.25, 0.3) is 34.4 Å². The van der Waals surface area contributed by atoms with Crippen LogP contribution in [0.1, 0.15) is 185 Å². The van der Waals surface area contributed by atoms with Crippen LogP contribution in [0.2, 0.25) is 52.4 Å². The van der Waals surface area contributed by atoms with Crippen LogP contribution in [0.3, 0.4) is 0 Å². The van der Waals surface area contributed by atoms with E-state index in [4.69, 9.17) is 0 Å². The summed E-state index contributed by atoms with van der Waals surface area (Å²) in [7, 11) is 16.2. The summed E-state index contributed by atoms with van der Waals surface area (Å²) in [6.45, 7) is 24.9. The molecule has 379 valence electrons. The number of hydrogen-bond donors (Lipinski definition) is 0. The van der Waals surface area contributed by atoms with Crippen molar-refractivity contribution in [1.29, 1.82) is 0 Å². The summed E-state index contributed by atoms with van der Waals surface area (Å²) < 4.78 is 0.186. The Balaban J connectivity index is 1.37. The average Bonchev–Trinajstić information content (AvgIpc) is 3.94. The third kappa shape index (κ3) is 11.3. The van der Waals surface area contributed by atoms with Crippen molar-refractivity contribution in [2.75, 3.05) is 0 Å². The number of hydrogen-bond acceptors (Lipinski definition) is 0. The van der Waals surface area contributed by atoms with E-state index in [9.17, 15) is 17.0 Å². The SMILES string of the molecule is CCCC1(CC2=Cc3c(-c4ccc([Si](C)(C)C)cc4)cccc3[CH]2[Zr]([Cl])([Cl])([CH]2C(CC3(CCC)CCCCCCCC3)=Cc3c(-c4ccc([Si](C)(C)C)cc4)cccc32)[SiH](C)C)CCCCCCCC1. The summed E-state index contributed by atoms with van der Waals surface area (Å²) in [5.74, 6) is -1.82. The quantitative estimate of drug-likeness (QED) is 0.104. The van der Waals surface area contributed by atoms with Crippen molar-refractivity contribution in [3.8, 4) is 22.3 Å². The van der Waals surface area contributed by atoms with Crippen LogP contribution in [0.15, 0.2) is 96.1 Å². The topological polar surface area (TPSA) is 0 Å². The molecule has 4 aromatic carbocycles. The van der Waals surface area contributed by atoms with Crippen molar-refractivity contribution in [1.82, 2.24) is 0 Å². The fourth-order valence-corrected chi connectivity index (χ4v) is 48.4. The second-order valence-electron chi connectivity index (χ2n) is 26.1. The zero-order chi connectivity index (χ0) is 50.0. The summed E-state index contributed by atoms with van der Waals surface area (Å²) in [4.78, 5) is 0. The summed E-state index contributed by atoms with van der Waals surface area (Å²) in [6, 6.07) is 34.1. The van der Waals surface area contributed by atoms with E-state index < -0.39 is 37.6 Å². The van der Waals surface area contributed by atoms with E-state index in [0.29, 0.717) is 0 Å². The molecule has 0 spiro atoms. The van der Waals surface area contributed by atoms with E-state index in [1.165, 1.54) is 183 Å². The van der Waals surface area contributed by atoms with Crippen molar-refractivity contribution in [2.45, 2.75) is 215 Å². The number of allylic oxidation sites excluding steroid dienone is 2. The molecule has 0 amide bonds. The zero-order valence-corrected chi connectivity index (χ0v) is 52.9. The summed E-state index contributed by atoms with van der Waals surface area (Å²) >= 11 is -5.25. The van der Waals surface area contributed by atoms with Crippen LogP contribution in [0, 0.1) is 10.8 Å². The van der Waals surface area contributed by atoms with Gasteiger partial charge in [-0.1, -0.05) is 0 Å². The van der Waals surface area contributed by atoms with E-state index in [1.807, 2.05) is 0 Å². The molecule has 2 atom stereocenters. The van der Waals surface area contributed by atoms with Crippen LogP contribution in [-0.4, -0.2) is 22.1 Å². The molecule has 0 N–H and O–H groups in total. The Kier molecular flexibility index (Phi) is 17.5. The summed E-state index contributed by atoms with van der Waals surface area (Å²) in [5.41, 5.74) is 15.0. The molecule has 0 bridgehead atoms. The van der Waals surface area contributed by atoms with Crippen LogP contribution in [0.4, 0.5) is 0 Å². The van der Waals surface area contributed by atoms with E-state index in [-0.39, 0.29) is 18.1 Å². The molecule has 0 aliphatic heterocycles. The first-order valence-corrected chi connectivity index (χ1v) is 52.1. The van der Waals surface area contributed by atoms with E-state index in [0.717, 1.165) is 12.8 Å². The molecular formula is C64H93Cl2Si3Zr. The van der Waals surface area contributed by atoms with Gasteiger partial charge in [0.1, 0.15) is 0 Å². The van der Waals surface area contributed by atoms with Gasteiger partial charge in [-0.05, 0) is 0 Å².